The normalized spacial score (nSPS) is 13.5. The number of ether oxygens (including phenoxy) is 1. The fourth-order valence-electron chi connectivity index (χ4n) is 7.56. The first-order valence-corrected chi connectivity index (χ1v) is 25.2. The standard InChI is InChI=1S/C52H97NO5/c1-4-7-10-13-16-19-22-24-25-27-29-31-34-37-40-43-48(58-52(57)45-42-39-36-33-28-21-18-15-12-9-6-3)46-51(56)53-49(47-54)50(55)44-41-38-35-32-30-26-23-20-17-14-11-8-5-2/h15-16,18-19,24-25,48-50,54-55H,4-14,17,20-23,26-47H2,1-3H3,(H,53,56)/b18-15-,19-16-,25-24-. The van der Waals surface area contributed by atoms with Crippen molar-refractivity contribution in [3.05, 3.63) is 36.5 Å². The highest BCUT2D eigenvalue weighted by molar-refractivity contribution is 5.77. The van der Waals surface area contributed by atoms with Crippen LogP contribution in [0.25, 0.3) is 0 Å². The molecule has 0 aromatic rings. The van der Waals surface area contributed by atoms with Crippen molar-refractivity contribution < 1.29 is 24.5 Å². The second-order valence-electron chi connectivity index (χ2n) is 17.2. The summed E-state index contributed by atoms with van der Waals surface area (Å²) in [6.07, 6.45) is 53.4. The SMILES string of the molecule is CCCC/C=C\CCCCCCCC(=O)OC(CCCCCCC/C=C\C/C=C\CCCCC)CC(=O)NC(CO)C(O)CCCCCCCCCCCCCCC. The molecule has 3 atom stereocenters. The molecule has 0 aromatic carbocycles. The molecule has 0 radical (unpaired) electrons. The Kier molecular flexibility index (Phi) is 44.6. The number of allylic oxidation sites excluding steroid dienone is 6. The van der Waals surface area contributed by atoms with E-state index in [1.54, 1.807) is 0 Å². The van der Waals surface area contributed by atoms with Crippen LogP contribution in [0.2, 0.25) is 0 Å². The Balaban J connectivity index is 4.60. The highest BCUT2D eigenvalue weighted by Gasteiger charge is 2.24. The van der Waals surface area contributed by atoms with Crippen LogP contribution >= 0.6 is 0 Å². The Bertz CT molecular complexity index is 961. The summed E-state index contributed by atoms with van der Waals surface area (Å²) in [5.74, 6) is -0.493. The summed E-state index contributed by atoms with van der Waals surface area (Å²) < 4.78 is 5.91. The third-order valence-corrected chi connectivity index (χ3v) is 11.4. The van der Waals surface area contributed by atoms with Gasteiger partial charge in [-0.2, -0.15) is 0 Å². The first-order valence-electron chi connectivity index (χ1n) is 25.2. The number of aliphatic hydroxyl groups is 2. The lowest BCUT2D eigenvalue weighted by atomic mass is 10.0. The molecule has 0 aliphatic heterocycles. The highest BCUT2D eigenvalue weighted by Crippen LogP contribution is 2.18. The van der Waals surface area contributed by atoms with Crippen LogP contribution in [0, 0.1) is 0 Å². The number of hydrogen-bond donors (Lipinski definition) is 3. The lowest BCUT2D eigenvalue weighted by molar-refractivity contribution is -0.151. The van der Waals surface area contributed by atoms with E-state index in [0.717, 1.165) is 77.0 Å². The zero-order valence-electron chi connectivity index (χ0n) is 38.7. The monoisotopic (exact) mass is 816 g/mol. The lowest BCUT2D eigenvalue weighted by Crippen LogP contribution is -2.46. The molecule has 340 valence electrons. The fourth-order valence-corrected chi connectivity index (χ4v) is 7.56. The van der Waals surface area contributed by atoms with Crippen LogP contribution in [0.15, 0.2) is 36.5 Å². The zero-order valence-corrected chi connectivity index (χ0v) is 38.7. The zero-order chi connectivity index (χ0) is 42.4. The van der Waals surface area contributed by atoms with E-state index in [4.69, 9.17) is 4.74 Å². The fraction of sp³-hybridized carbons (Fsp3) is 0.846. The molecule has 6 heteroatoms. The van der Waals surface area contributed by atoms with E-state index in [1.165, 1.54) is 135 Å². The van der Waals surface area contributed by atoms with Crippen molar-refractivity contribution in [2.75, 3.05) is 6.61 Å². The van der Waals surface area contributed by atoms with Gasteiger partial charge in [0, 0.05) is 6.42 Å². The minimum atomic E-state index is -0.790. The molecule has 58 heavy (non-hydrogen) atoms. The maximum Gasteiger partial charge on any atom is 0.306 e. The number of carbonyl (C=O) groups excluding carboxylic acids is 2. The van der Waals surface area contributed by atoms with Crippen molar-refractivity contribution in [3.63, 3.8) is 0 Å². The summed E-state index contributed by atoms with van der Waals surface area (Å²) >= 11 is 0. The molecule has 0 rings (SSSR count). The van der Waals surface area contributed by atoms with Gasteiger partial charge in [0.25, 0.3) is 0 Å². The van der Waals surface area contributed by atoms with Gasteiger partial charge in [0.1, 0.15) is 6.10 Å². The Morgan fingerprint density at radius 1 is 0.500 bits per heavy atom. The highest BCUT2D eigenvalue weighted by atomic mass is 16.5. The van der Waals surface area contributed by atoms with Gasteiger partial charge in [-0.15, -0.1) is 0 Å². The van der Waals surface area contributed by atoms with Gasteiger partial charge in [-0.25, -0.2) is 0 Å². The summed E-state index contributed by atoms with van der Waals surface area (Å²) in [6, 6.07) is -0.705. The predicted octanol–water partition coefficient (Wildman–Crippen LogP) is 14.9. The molecule has 3 N–H and O–H groups in total. The summed E-state index contributed by atoms with van der Waals surface area (Å²) in [6.45, 7) is 6.42. The van der Waals surface area contributed by atoms with Crippen LogP contribution in [0.4, 0.5) is 0 Å². The van der Waals surface area contributed by atoms with Crippen LogP contribution in [-0.2, 0) is 14.3 Å². The molecule has 0 aliphatic rings. The van der Waals surface area contributed by atoms with Gasteiger partial charge in [-0.1, -0.05) is 205 Å². The molecular weight excluding hydrogens is 719 g/mol. The lowest BCUT2D eigenvalue weighted by Gasteiger charge is -2.24. The molecule has 0 saturated heterocycles. The van der Waals surface area contributed by atoms with Gasteiger partial charge >= 0.3 is 5.97 Å². The van der Waals surface area contributed by atoms with Crippen molar-refractivity contribution in [1.29, 1.82) is 0 Å². The molecule has 3 unspecified atom stereocenters. The van der Waals surface area contributed by atoms with Gasteiger partial charge < -0.3 is 20.3 Å². The van der Waals surface area contributed by atoms with Crippen LogP contribution in [0.1, 0.15) is 258 Å². The summed E-state index contributed by atoms with van der Waals surface area (Å²) in [5, 5.41) is 23.7. The second-order valence-corrected chi connectivity index (χ2v) is 17.2. The van der Waals surface area contributed by atoms with Crippen molar-refractivity contribution in [2.45, 2.75) is 277 Å². The van der Waals surface area contributed by atoms with E-state index in [-0.39, 0.29) is 24.9 Å². The Morgan fingerprint density at radius 3 is 1.41 bits per heavy atom. The average molecular weight is 816 g/mol. The summed E-state index contributed by atoms with van der Waals surface area (Å²) in [7, 11) is 0. The van der Waals surface area contributed by atoms with Gasteiger partial charge in [0.15, 0.2) is 0 Å². The Morgan fingerprint density at radius 2 is 0.897 bits per heavy atom. The largest absolute Gasteiger partial charge is 0.462 e. The maximum absolute atomic E-state index is 13.2. The topological polar surface area (TPSA) is 95.9 Å². The van der Waals surface area contributed by atoms with Crippen LogP contribution < -0.4 is 5.32 Å². The molecule has 0 fully saturated rings. The Hall–Kier alpha value is -1.92. The first kappa shape index (κ1) is 56.1. The van der Waals surface area contributed by atoms with Crippen molar-refractivity contribution in [3.8, 4) is 0 Å². The third-order valence-electron chi connectivity index (χ3n) is 11.4. The van der Waals surface area contributed by atoms with Crippen molar-refractivity contribution in [1.82, 2.24) is 5.32 Å². The number of aliphatic hydroxyl groups excluding tert-OH is 2. The number of amides is 1. The second kappa shape index (κ2) is 46.2. The Labute approximate surface area is 360 Å². The minimum absolute atomic E-state index is 0.0668. The molecule has 6 nitrogen and oxygen atoms in total. The molecule has 1 amide bonds. The van der Waals surface area contributed by atoms with Crippen molar-refractivity contribution in [2.24, 2.45) is 0 Å². The van der Waals surface area contributed by atoms with Gasteiger partial charge in [-0.3, -0.25) is 9.59 Å². The average Bonchev–Trinajstić information content (AvgIpc) is 3.22. The van der Waals surface area contributed by atoms with E-state index in [2.05, 4.69) is 62.5 Å². The molecule has 0 aliphatic carbocycles. The summed E-state index contributed by atoms with van der Waals surface area (Å²) in [5.41, 5.74) is 0. The number of unbranched alkanes of at least 4 members (excludes halogenated alkanes) is 27. The molecule has 0 heterocycles. The predicted molar refractivity (Wildman–Crippen MR) is 250 cm³/mol. The van der Waals surface area contributed by atoms with E-state index in [0.29, 0.717) is 19.3 Å². The third kappa shape index (κ3) is 40.8. The summed E-state index contributed by atoms with van der Waals surface area (Å²) in [4.78, 5) is 26.1. The van der Waals surface area contributed by atoms with Crippen LogP contribution in [0.5, 0.6) is 0 Å². The molecule has 0 aromatic heterocycles. The molecular formula is C52H97NO5. The van der Waals surface area contributed by atoms with Crippen LogP contribution in [-0.4, -0.2) is 46.9 Å². The smallest absolute Gasteiger partial charge is 0.306 e. The number of hydrogen-bond acceptors (Lipinski definition) is 5. The quantitative estimate of drug-likeness (QED) is 0.0323. The van der Waals surface area contributed by atoms with Gasteiger partial charge in [0.2, 0.25) is 5.91 Å². The van der Waals surface area contributed by atoms with E-state index in [1.807, 2.05) is 0 Å². The van der Waals surface area contributed by atoms with E-state index >= 15 is 0 Å². The number of nitrogens with one attached hydrogen (secondary N) is 1. The molecule has 0 bridgehead atoms. The van der Waals surface area contributed by atoms with Gasteiger partial charge in [-0.05, 0) is 77.0 Å². The van der Waals surface area contributed by atoms with E-state index in [9.17, 15) is 19.8 Å². The number of rotatable bonds is 45. The molecule has 0 saturated carbocycles. The number of carbonyl (C=O) groups is 2. The number of esters is 1. The van der Waals surface area contributed by atoms with E-state index < -0.39 is 18.2 Å². The minimum Gasteiger partial charge on any atom is -0.462 e. The molecule has 0 spiro atoms. The van der Waals surface area contributed by atoms with Crippen molar-refractivity contribution >= 4 is 11.9 Å². The van der Waals surface area contributed by atoms with Crippen LogP contribution in [0.3, 0.4) is 0 Å². The first-order chi connectivity index (χ1) is 28.5. The van der Waals surface area contributed by atoms with Gasteiger partial charge in [0.05, 0.1) is 25.2 Å². The maximum atomic E-state index is 13.2.